The molecule has 0 aliphatic carbocycles. The van der Waals surface area contributed by atoms with Crippen molar-refractivity contribution in [1.82, 2.24) is 0 Å². The van der Waals surface area contributed by atoms with Gasteiger partial charge in [-0.15, -0.1) is 0 Å². The van der Waals surface area contributed by atoms with E-state index in [0.29, 0.717) is 17.1 Å². The SMILES string of the molecule is COc1cc(C=CC(=O)[O-])ccc1OCc1ccc([N+](=O)[O-])cc1. The molecule has 0 radical (unpaired) electrons. The molecule has 0 saturated heterocycles. The predicted molar refractivity (Wildman–Crippen MR) is 84.5 cm³/mol. The lowest BCUT2D eigenvalue weighted by atomic mass is 10.2. The monoisotopic (exact) mass is 328 g/mol. The molecule has 2 rings (SSSR count). The number of methoxy groups -OCH3 is 1. The Kier molecular flexibility index (Phi) is 5.51. The summed E-state index contributed by atoms with van der Waals surface area (Å²) in [6.07, 6.45) is 2.31. The van der Waals surface area contributed by atoms with E-state index in [1.807, 2.05) is 0 Å². The van der Waals surface area contributed by atoms with Crippen molar-refractivity contribution in [3.63, 3.8) is 0 Å². The van der Waals surface area contributed by atoms with Gasteiger partial charge in [0.2, 0.25) is 0 Å². The van der Waals surface area contributed by atoms with Crippen molar-refractivity contribution in [2.24, 2.45) is 0 Å². The molecule has 124 valence electrons. The molecule has 0 aromatic heterocycles. The quantitative estimate of drug-likeness (QED) is 0.437. The van der Waals surface area contributed by atoms with Crippen LogP contribution in [-0.2, 0) is 11.4 Å². The van der Waals surface area contributed by atoms with Gasteiger partial charge in [-0.05, 0) is 41.5 Å². The van der Waals surface area contributed by atoms with E-state index in [-0.39, 0.29) is 12.3 Å². The van der Waals surface area contributed by atoms with Gasteiger partial charge in [0.05, 0.1) is 18.0 Å². The first-order chi connectivity index (χ1) is 11.5. The van der Waals surface area contributed by atoms with Crippen LogP contribution in [0.2, 0.25) is 0 Å². The van der Waals surface area contributed by atoms with E-state index in [4.69, 9.17) is 9.47 Å². The molecule has 7 heteroatoms. The summed E-state index contributed by atoms with van der Waals surface area (Å²) < 4.78 is 10.9. The lowest BCUT2D eigenvalue weighted by Crippen LogP contribution is -2.18. The number of non-ortho nitro benzene ring substituents is 1. The molecule has 0 heterocycles. The molecule has 0 bridgehead atoms. The Bertz CT molecular complexity index is 767. The predicted octanol–water partition coefficient (Wildman–Crippen LogP) is 1.95. The van der Waals surface area contributed by atoms with Crippen LogP contribution in [0.3, 0.4) is 0 Å². The van der Waals surface area contributed by atoms with Gasteiger partial charge in [0.1, 0.15) is 6.61 Å². The summed E-state index contributed by atoms with van der Waals surface area (Å²) in [5.74, 6) is -0.369. The van der Waals surface area contributed by atoms with Crippen LogP contribution in [0.15, 0.2) is 48.5 Å². The number of nitro groups is 1. The number of nitro benzene ring substituents is 1. The Morgan fingerprint density at radius 2 is 1.88 bits per heavy atom. The standard InChI is InChI=1S/C17H15NO6/c1-23-16-10-12(5-9-17(19)20)4-8-15(16)24-11-13-2-6-14(7-3-13)18(21)22/h2-10H,11H2,1H3,(H,19,20)/p-1. The number of carbonyl (C=O) groups excluding carboxylic acids is 1. The summed E-state index contributed by atoms with van der Waals surface area (Å²) in [5, 5.41) is 21.0. The molecule has 0 aliphatic heterocycles. The average molecular weight is 328 g/mol. The highest BCUT2D eigenvalue weighted by Gasteiger charge is 2.07. The fraction of sp³-hybridized carbons (Fsp3) is 0.118. The van der Waals surface area contributed by atoms with E-state index in [2.05, 4.69) is 0 Å². The molecule has 7 nitrogen and oxygen atoms in total. The van der Waals surface area contributed by atoms with Crippen LogP contribution in [0, 0.1) is 10.1 Å². The number of nitrogens with zero attached hydrogens (tertiary/aromatic N) is 1. The van der Waals surface area contributed by atoms with Crippen molar-refractivity contribution in [2.45, 2.75) is 6.61 Å². The summed E-state index contributed by atoms with van der Waals surface area (Å²) in [4.78, 5) is 20.6. The molecule has 0 saturated carbocycles. The number of hydrogen-bond acceptors (Lipinski definition) is 6. The molecule has 0 fully saturated rings. The first kappa shape index (κ1) is 17.0. The van der Waals surface area contributed by atoms with Gasteiger partial charge in [-0.2, -0.15) is 0 Å². The lowest BCUT2D eigenvalue weighted by molar-refractivity contribution is -0.384. The minimum atomic E-state index is -1.28. The molecule has 0 N–H and O–H groups in total. The molecule has 0 atom stereocenters. The van der Waals surface area contributed by atoms with Crippen molar-refractivity contribution >= 4 is 17.7 Å². The zero-order valence-corrected chi connectivity index (χ0v) is 12.8. The number of carboxylic acid groups (broad SMARTS) is 1. The number of carbonyl (C=O) groups is 1. The van der Waals surface area contributed by atoms with Gasteiger partial charge in [-0.1, -0.05) is 12.1 Å². The highest BCUT2D eigenvalue weighted by atomic mass is 16.6. The average Bonchev–Trinajstić information content (AvgIpc) is 2.58. The van der Waals surface area contributed by atoms with Gasteiger partial charge in [0.15, 0.2) is 11.5 Å². The molecule has 24 heavy (non-hydrogen) atoms. The summed E-state index contributed by atoms with van der Waals surface area (Å²) in [7, 11) is 1.47. The van der Waals surface area contributed by atoms with E-state index < -0.39 is 10.9 Å². The third-order valence-electron chi connectivity index (χ3n) is 3.14. The molecular formula is C17H14NO6-. The number of carboxylic acids is 1. The Balaban J connectivity index is 2.08. The maximum absolute atomic E-state index is 10.6. The van der Waals surface area contributed by atoms with Crippen LogP contribution >= 0.6 is 0 Å². The van der Waals surface area contributed by atoms with Crippen molar-refractivity contribution in [2.75, 3.05) is 7.11 Å². The van der Waals surface area contributed by atoms with Crippen LogP contribution in [0.5, 0.6) is 11.5 Å². The summed E-state index contributed by atoms with van der Waals surface area (Å²) in [6.45, 7) is 0.211. The summed E-state index contributed by atoms with van der Waals surface area (Å²) >= 11 is 0. The molecule has 0 spiro atoms. The van der Waals surface area contributed by atoms with Crippen LogP contribution < -0.4 is 14.6 Å². The van der Waals surface area contributed by atoms with E-state index in [9.17, 15) is 20.0 Å². The molecule has 0 unspecified atom stereocenters. The second-order valence-corrected chi connectivity index (χ2v) is 4.77. The van der Waals surface area contributed by atoms with Gasteiger partial charge in [-0.25, -0.2) is 0 Å². The molecule has 0 amide bonds. The van der Waals surface area contributed by atoms with Crippen LogP contribution in [0.4, 0.5) is 5.69 Å². The fourth-order valence-electron chi connectivity index (χ4n) is 1.95. The van der Waals surface area contributed by atoms with Gasteiger partial charge in [0.25, 0.3) is 5.69 Å². The van der Waals surface area contributed by atoms with Crippen molar-refractivity contribution in [3.05, 3.63) is 69.8 Å². The molecular weight excluding hydrogens is 314 g/mol. The molecule has 2 aromatic rings. The van der Waals surface area contributed by atoms with Crippen LogP contribution in [0.1, 0.15) is 11.1 Å². The Hall–Kier alpha value is -3.35. The first-order valence-electron chi connectivity index (χ1n) is 6.93. The first-order valence-corrected chi connectivity index (χ1v) is 6.93. The fourth-order valence-corrected chi connectivity index (χ4v) is 1.95. The second kappa shape index (κ2) is 7.77. The van der Waals surface area contributed by atoms with Crippen LogP contribution in [-0.4, -0.2) is 18.0 Å². The van der Waals surface area contributed by atoms with Gasteiger partial charge >= 0.3 is 0 Å². The minimum absolute atomic E-state index is 0.0143. The molecule has 2 aromatic carbocycles. The topological polar surface area (TPSA) is 102 Å². The Morgan fingerprint density at radius 3 is 2.46 bits per heavy atom. The van der Waals surface area contributed by atoms with Crippen molar-refractivity contribution < 1.29 is 24.3 Å². The van der Waals surface area contributed by atoms with E-state index in [1.165, 1.54) is 25.3 Å². The molecule has 0 aliphatic rings. The van der Waals surface area contributed by atoms with E-state index in [0.717, 1.165) is 11.6 Å². The highest BCUT2D eigenvalue weighted by molar-refractivity contribution is 5.83. The zero-order valence-electron chi connectivity index (χ0n) is 12.8. The number of benzene rings is 2. The maximum Gasteiger partial charge on any atom is 0.269 e. The third-order valence-corrected chi connectivity index (χ3v) is 3.14. The van der Waals surface area contributed by atoms with Gasteiger partial charge < -0.3 is 19.4 Å². The Labute approximate surface area is 137 Å². The minimum Gasteiger partial charge on any atom is -0.545 e. The largest absolute Gasteiger partial charge is 0.545 e. The van der Waals surface area contributed by atoms with Crippen molar-refractivity contribution in [1.29, 1.82) is 0 Å². The zero-order chi connectivity index (χ0) is 17.5. The lowest BCUT2D eigenvalue weighted by Gasteiger charge is -2.11. The van der Waals surface area contributed by atoms with Gasteiger partial charge in [-0.3, -0.25) is 10.1 Å². The smallest absolute Gasteiger partial charge is 0.269 e. The van der Waals surface area contributed by atoms with Crippen molar-refractivity contribution in [3.8, 4) is 11.5 Å². The van der Waals surface area contributed by atoms with E-state index >= 15 is 0 Å². The number of rotatable bonds is 7. The van der Waals surface area contributed by atoms with Gasteiger partial charge in [0, 0.05) is 12.1 Å². The number of aliphatic carboxylic acids is 1. The summed E-state index contributed by atoms with van der Waals surface area (Å²) in [5.41, 5.74) is 1.41. The highest BCUT2D eigenvalue weighted by Crippen LogP contribution is 2.29. The number of hydrogen-bond donors (Lipinski definition) is 0. The third kappa shape index (κ3) is 4.57. The second-order valence-electron chi connectivity index (χ2n) is 4.77. The van der Waals surface area contributed by atoms with E-state index in [1.54, 1.807) is 30.3 Å². The number of ether oxygens (including phenoxy) is 2. The summed E-state index contributed by atoms with van der Waals surface area (Å²) in [6, 6.07) is 11.0. The van der Waals surface area contributed by atoms with Crippen LogP contribution in [0.25, 0.3) is 6.08 Å². The Morgan fingerprint density at radius 1 is 1.17 bits per heavy atom. The normalized spacial score (nSPS) is 10.5. The maximum atomic E-state index is 10.6.